The van der Waals surface area contributed by atoms with Crippen LogP contribution in [0.4, 0.5) is 0 Å². The van der Waals surface area contributed by atoms with E-state index in [9.17, 15) is 4.79 Å². The molecule has 2 heteroatoms. The van der Waals surface area contributed by atoms with E-state index >= 15 is 0 Å². The van der Waals surface area contributed by atoms with Crippen LogP contribution in [0.5, 0.6) is 0 Å². The van der Waals surface area contributed by atoms with Crippen molar-refractivity contribution in [2.24, 2.45) is 0 Å². The van der Waals surface area contributed by atoms with Gasteiger partial charge in [0.25, 0.3) is 0 Å². The van der Waals surface area contributed by atoms with Gasteiger partial charge in [-0.05, 0) is 37.1 Å². The largest absolute Gasteiger partial charge is 0.294 e. The second kappa shape index (κ2) is 3.02. The summed E-state index contributed by atoms with van der Waals surface area (Å²) in [5, 5.41) is 2.03. The van der Waals surface area contributed by atoms with E-state index in [2.05, 4.69) is 0 Å². The van der Waals surface area contributed by atoms with E-state index in [1.165, 1.54) is 24.1 Å². The number of hydrogen-bond donors (Lipinski definition) is 0. The Labute approximate surface area is 76.4 Å². The highest BCUT2D eigenvalue weighted by Gasteiger charge is 2.24. The summed E-state index contributed by atoms with van der Waals surface area (Å²) in [5.74, 6) is 0.919. The lowest BCUT2D eigenvalue weighted by Gasteiger charge is -2.24. The van der Waals surface area contributed by atoms with Crippen LogP contribution >= 0.6 is 11.3 Å². The van der Waals surface area contributed by atoms with Crippen molar-refractivity contribution in [2.75, 3.05) is 0 Å². The van der Waals surface area contributed by atoms with Gasteiger partial charge in [0, 0.05) is 10.4 Å². The summed E-state index contributed by atoms with van der Waals surface area (Å²) in [6.07, 6.45) is 3.89. The minimum Gasteiger partial charge on any atom is -0.294 e. The summed E-state index contributed by atoms with van der Waals surface area (Å²) in [5.41, 5.74) is 0.963. The summed E-state index contributed by atoms with van der Waals surface area (Å²) >= 11 is 1.74. The number of thiophene rings is 1. The molecular formula is C10H12OS. The molecule has 2 rings (SSSR count). The first-order chi connectivity index (χ1) is 5.79. The molecule has 0 N–H and O–H groups in total. The lowest BCUT2D eigenvalue weighted by atomic mass is 9.82. The van der Waals surface area contributed by atoms with Crippen LogP contribution in [0.3, 0.4) is 0 Å². The highest BCUT2D eigenvalue weighted by Crippen LogP contribution is 2.40. The van der Waals surface area contributed by atoms with Gasteiger partial charge in [0.05, 0.1) is 0 Å². The number of Topliss-reactive ketones (excluding diaryl/α,β-unsaturated/α-hetero) is 1. The third-order valence-electron chi connectivity index (χ3n) is 2.55. The molecule has 0 saturated heterocycles. The van der Waals surface area contributed by atoms with Gasteiger partial charge in [-0.2, -0.15) is 0 Å². The van der Waals surface area contributed by atoms with E-state index in [4.69, 9.17) is 0 Å². The Morgan fingerprint density at radius 2 is 2.33 bits per heavy atom. The summed E-state index contributed by atoms with van der Waals surface area (Å²) in [6.45, 7) is 1.66. The van der Waals surface area contributed by atoms with Crippen molar-refractivity contribution in [3.8, 4) is 0 Å². The van der Waals surface area contributed by atoms with Crippen molar-refractivity contribution < 1.29 is 4.79 Å². The van der Waals surface area contributed by atoms with E-state index in [1.807, 2.05) is 11.4 Å². The number of rotatable bonds is 2. The summed E-state index contributed by atoms with van der Waals surface area (Å²) in [7, 11) is 0. The maximum absolute atomic E-state index is 11.2. The Morgan fingerprint density at radius 3 is 2.83 bits per heavy atom. The molecule has 1 saturated carbocycles. The lowest BCUT2D eigenvalue weighted by molar-refractivity contribution is 0.101. The Morgan fingerprint density at radius 1 is 1.58 bits per heavy atom. The SMILES string of the molecule is CC(=O)c1ccsc1C1CCC1. The zero-order chi connectivity index (χ0) is 8.55. The zero-order valence-corrected chi connectivity index (χ0v) is 7.99. The Kier molecular flexibility index (Phi) is 2.01. The molecule has 0 unspecified atom stereocenters. The third kappa shape index (κ3) is 1.20. The molecule has 1 fully saturated rings. The predicted molar refractivity (Wildman–Crippen MR) is 50.9 cm³/mol. The standard InChI is InChI=1S/C10H12OS/c1-7(11)9-5-6-12-10(9)8-3-2-4-8/h5-6,8H,2-4H2,1H3. The van der Waals surface area contributed by atoms with E-state index in [-0.39, 0.29) is 5.78 Å². The fourth-order valence-electron chi connectivity index (χ4n) is 1.60. The molecule has 12 heavy (non-hydrogen) atoms. The van der Waals surface area contributed by atoms with Gasteiger partial charge >= 0.3 is 0 Å². The van der Waals surface area contributed by atoms with Crippen molar-refractivity contribution >= 4 is 17.1 Å². The molecule has 1 nitrogen and oxygen atoms in total. The van der Waals surface area contributed by atoms with Crippen LogP contribution in [0.15, 0.2) is 11.4 Å². The second-order valence-electron chi connectivity index (χ2n) is 3.38. The minimum atomic E-state index is 0.221. The third-order valence-corrected chi connectivity index (χ3v) is 3.63. The monoisotopic (exact) mass is 180 g/mol. The van der Waals surface area contributed by atoms with Crippen LogP contribution in [0, 0.1) is 0 Å². The highest BCUT2D eigenvalue weighted by atomic mass is 32.1. The Balaban J connectivity index is 2.29. The van der Waals surface area contributed by atoms with Crippen LogP contribution in [-0.2, 0) is 0 Å². The topological polar surface area (TPSA) is 17.1 Å². The fourth-order valence-corrected chi connectivity index (χ4v) is 2.72. The Hall–Kier alpha value is -0.630. The van der Waals surface area contributed by atoms with E-state index in [0.29, 0.717) is 5.92 Å². The molecule has 0 radical (unpaired) electrons. The van der Waals surface area contributed by atoms with E-state index < -0.39 is 0 Å². The van der Waals surface area contributed by atoms with Gasteiger partial charge < -0.3 is 0 Å². The number of hydrogen-bond acceptors (Lipinski definition) is 2. The van der Waals surface area contributed by atoms with Crippen LogP contribution < -0.4 is 0 Å². The van der Waals surface area contributed by atoms with Gasteiger partial charge in [0.15, 0.2) is 5.78 Å². The molecule has 1 aromatic heterocycles. The van der Waals surface area contributed by atoms with Crippen LogP contribution in [0.2, 0.25) is 0 Å². The van der Waals surface area contributed by atoms with Gasteiger partial charge in [-0.3, -0.25) is 4.79 Å². The molecule has 1 aliphatic rings. The quantitative estimate of drug-likeness (QED) is 0.639. The van der Waals surface area contributed by atoms with Crippen molar-refractivity contribution in [1.82, 2.24) is 0 Å². The molecule has 0 spiro atoms. The van der Waals surface area contributed by atoms with Crippen LogP contribution in [0.1, 0.15) is 47.3 Å². The molecule has 64 valence electrons. The lowest BCUT2D eigenvalue weighted by Crippen LogP contribution is -2.10. The molecule has 1 heterocycles. The smallest absolute Gasteiger partial charge is 0.160 e. The van der Waals surface area contributed by atoms with Crippen LogP contribution in [0.25, 0.3) is 0 Å². The molecule has 0 aromatic carbocycles. The number of ketones is 1. The molecular weight excluding hydrogens is 168 g/mol. The van der Waals surface area contributed by atoms with Gasteiger partial charge in [0.2, 0.25) is 0 Å². The van der Waals surface area contributed by atoms with E-state index in [0.717, 1.165) is 5.56 Å². The Bertz CT molecular complexity index is 297. The average molecular weight is 180 g/mol. The van der Waals surface area contributed by atoms with Gasteiger partial charge in [-0.15, -0.1) is 11.3 Å². The summed E-state index contributed by atoms with van der Waals surface area (Å²) < 4.78 is 0. The van der Waals surface area contributed by atoms with Gasteiger partial charge in [-0.1, -0.05) is 6.42 Å². The first-order valence-corrected chi connectivity index (χ1v) is 5.25. The van der Waals surface area contributed by atoms with Crippen molar-refractivity contribution in [3.63, 3.8) is 0 Å². The van der Waals surface area contributed by atoms with Crippen molar-refractivity contribution in [1.29, 1.82) is 0 Å². The molecule has 0 bridgehead atoms. The second-order valence-corrected chi connectivity index (χ2v) is 4.33. The number of carbonyl (C=O) groups is 1. The number of carbonyl (C=O) groups excluding carboxylic acids is 1. The molecule has 0 atom stereocenters. The predicted octanol–water partition coefficient (Wildman–Crippen LogP) is 3.22. The summed E-state index contributed by atoms with van der Waals surface area (Å²) in [6, 6.07) is 1.96. The first kappa shape index (κ1) is 7.99. The summed E-state index contributed by atoms with van der Waals surface area (Å²) in [4.78, 5) is 12.5. The van der Waals surface area contributed by atoms with Crippen molar-refractivity contribution in [3.05, 3.63) is 21.9 Å². The van der Waals surface area contributed by atoms with Gasteiger partial charge in [-0.25, -0.2) is 0 Å². The molecule has 1 aliphatic carbocycles. The molecule has 1 aromatic rings. The maximum atomic E-state index is 11.2. The van der Waals surface area contributed by atoms with E-state index in [1.54, 1.807) is 18.3 Å². The fraction of sp³-hybridized carbons (Fsp3) is 0.500. The zero-order valence-electron chi connectivity index (χ0n) is 7.17. The van der Waals surface area contributed by atoms with Gasteiger partial charge in [0.1, 0.15) is 0 Å². The first-order valence-electron chi connectivity index (χ1n) is 4.37. The molecule has 0 amide bonds. The maximum Gasteiger partial charge on any atom is 0.160 e. The highest BCUT2D eigenvalue weighted by molar-refractivity contribution is 7.10. The van der Waals surface area contributed by atoms with Crippen LogP contribution in [-0.4, -0.2) is 5.78 Å². The molecule has 0 aliphatic heterocycles. The minimum absolute atomic E-state index is 0.221. The normalized spacial score (nSPS) is 17.4. The van der Waals surface area contributed by atoms with Crippen molar-refractivity contribution in [2.45, 2.75) is 32.1 Å². The average Bonchev–Trinajstić information content (AvgIpc) is 2.31.